The van der Waals surface area contributed by atoms with Crippen LogP contribution in [-0.2, 0) is 6.73 Å². The Morgan fingerprint density at radius 2 is 2.16 bits per heavy atom. The molecule has 0 fully saturated rings. The highest BCUT2D eigenvalue weighted by atomic mass is 35.5. The molecule has 0 unspecified atom stereocenters. The van der Waals surface area contributed by atoms with Gasteiger partial charge in [0.2, 0.25) is 0 Å². The van der Waals surface area contributed by atoms with E-state index in [1.807, 2.05) is 5.43 Å². The summed E-state index contributed by atoms with van der Waals surface area (Å²) >= 11 is 5.82. The second kappa shape index (κ2) is 5.68. The molecule has 0 saturated heterocycles. The number of nitrogens with two attached hydrogens (primary N) is 1. The van der Waals surface area contributed by atoms with Gasteiger partial charge in [-0.05, 0) is 24.3 Å². The Kier molecular flexibility index (Phi) is 3.98. The molecule has 1 amide bonds. The summed E-state index contributed by atoms with van der Waals surface area (Å²) in [4.78, 5) is 11.3. The number of hydrogen-bond acceptors (Lipinski definition) is 4. The third-order valence-corrected chi connectivity index (χ3v) is 2.52. The standard InChI is InChI=1S/C11H10ClFN4O2/c12-9-5-17(16-10(9)11(18)15-14)6-19-8-3-1-7(13)2-4-8/h1-5H,6,14H2,(H,15,18). The zero-order valence-electron chi connectivity index (χ0n) is 9.64. The second-order valence-corrected chi connectivity index (χ2v) is 3.97. The molecule has 100 valence electrons. The summed E-state index contributed by atoms with van der Waals surface area (Å²) in [5, 5.41) is 4.06. The molecule has 1 heterocycles. The van der Waals surface area contributed by atoms with Gasteiger partial charge in [0.15, 0.2) is 12.4 Å². The van der Waals surface area contributed by atoms with Gasteiger partial charge < -0.3 is 4.74 Å². The van der Waals surface area contributed by atoms with E-state index in [-0.39, 0.29) is 23.3 Å². The van der Waals surface area contributed by atoms with Gasteiger partial charge in [0.25, 0.3) is 5.91 Å². The minimum absolute atomic E-state index is 0.00636. The van der Waals surface area contributed by atoms with E-state index in [0.717, 1.165) is 0 Å². The molecule has 1 aromatic carbocycles. The molecule has 0 radical (unpaired) electrons. The largest absolute Gasteiger partial charge is 0.471 e. The average Bonchev–Trinajstić information content (AvgIpc) is 2.78. The van der Waals surface area contributed by atoms with Crippen molar-refractivity contribution in [2.45, 2.75) is 6.73 Å². The van der Waals surface area contributed by atoms with Crippen LogP contribution < -0.4 is 16.0 Å². The number of halogens is 2. The van der Waals surface area contributed by atoms with E-state index in [1.165, 1.54) is 35.1 Å². The molecule has 2 aromatic rings. The first-order valence-corrected chi connectivity index (χ1v) is 5.60. The molecule has 0 spiro atoms. The van der Waals surface area contributed by atoms with Crippen molar-refractivity contribution in [2.24, 2.45) is 5.84 Å². The van der Waals surface area contributed by atoms with Crippen LogP contribution >= 0.6 is 11.6 Å². The molecule has 0 aliphatic carbocycles. The van der Waals surface area contributed by atoms with E-state index in [9.17, 15) is 9.18 Å². The van der Waals surface area contributed by atoms with Gasteiger partial charge in [0.05, 0.1) is 5.02 Å². The Bertz CT molecular complexity index is 585. The number of ether oxygens (including phenoxy) is 1. The number of amides is 1. The fourth-order valence-corrected chi connectivity index (χ4v) is 1.59. The molecule has 0 saturated carbocycles. The molecule has 6 nitrogen and oxygen atoms in total. The molecule has 0 aliphatic rings. The second-order valence-electron chi connectivity index (χ2n) is 3.57. The molecule has 19 heavy (non-hydrogen) atoms. The molecule has 0 aliphatic heterocycles. The third-order valence-electron chi connectivity index (χ3n) is 2.24. The van der Waals surface area contributed by atoms with Gasteiger partial charge in [-0.2, -0.15) is 5.10 Å². The quantitative estimate of drug-likeness (QED) is 0.504. The number of benzene rings is 1. The highest BCUT2D eigenvalue weighted by Crippen LogP contribution is 2.15. The Morgan fingerprint density at radius 3 is 2.79 bits per heavy atom. The van der Waals surface area contributed by atoms with Crippen LogP contribution in [0.3, 0.4) is 0 Å². The molecule has 8 heteroatoms. The fourth-order valence-electron chi connectivity index (χ4n) is 1.36. The first kappa shape index (κ1) is 13.3. The summed E-state index contributed by atoms with van der Waals surface area (Å²) < 4.78 is 19.4. The Hall–Kier alpha value is -2.12. The molecule has 2 rings (SSSR count). The van der Waals surface area contributed by atoms with Crippen molar-refractivity contribution in [1.82, 2.24) is 15.2 Å². The number of carbonyl (C=O) groups excluding carboxylic acids is 1. The number of carbonyl (C=O) groups is 1. The minimum Gasteiger partial charge on any atom is -0.471 e. The maximum Gasteiger partial charge on any atom is 0.287 e. The highest BCUT2D eigenvalue weighted by molar-refractivity contribution is 6.33. The van der Waals surface area contributed by atoms with Crippen molar-refractivity contribution in [3.8, 4) is 5.75 Å². The fraction of sp³-hybridized carbons (Fsp3) is 0.0909. The van der Waals surface area contributed by atoms with Crippen molar-refractivity contribution in [2.75, 3.05) is 0 Å². The lowest BCUT2D eigenvalue weighted by atomic mass is 10.3. The first-order valence-electron chi connectivity index (χ1n) is 5.22. The molecule has 0 bridgehead atoms. The highest BCUT2D eigenvalue weighted by Gasteiger charge is 2.14. The minimum atomic E-state index is -0.592. The van der Waals surface area contributed by atoms with Crippen LogP contribution in [0.15, 0.2) is 30.5 Å². The number of hydrazine groups is 1. The van der Waals surface area contributed by atoms with Crippen LogP contribution in [0.2, 0.25) is 5.02 Å². The Labute approximate surface area is 112 Å². The SMILES string of the molecule is NNC(=O)c1nn(COc2ccc(F)cc2)cc1Cl. The smallest absolute Gasteiger partial charge is 0.287 e. The Morgan fingerprint density at radius 1 is 1.47 bits per heavy atom. The lowest BCUT2D eigenvalue weighted by Gasteiger charge is -2.05. The van der Waals surface area contributed by atoms with Crippen molar-refractivity contribution in [1.29, 1.82) is 0 Å². The maximum absolute atomic E-state index is 12.7. The number of aromatic nitrogens is 2. The molecular weight excluding hydrogens is 275 g/mol. The summed E-state index contributed by atoms with van der Waals surface area (Å²) in [5.41, 5.74) is 1.94. The number of nitrogens with one attached hydrogen (secondary N) is 1. The van der Waals surface area contributed by atoms with Crippen molar-refractivity contribution < 1.29 is 13.9 Å². The van der Waals surface area contributed by atoms with Crippen LogP contribution in [0.5, 0.6) is 5.75 Å². The van der Waals surface area contributed by atoms with Gasteiger partial charge >= 0.3 is 0 Å². The normalized spacial score (nSPS) is 10.3. The van der Waals surface area contributed by atoms with Crippen molar-refractivity contribution in [3.63, 3.8) is 0 Å². The van der Waals surface area contributed by atoms with Gasteiger partial charge in [0.1, 0.15) is 11.6 Å². The molecule has 3 N–H and O–H groups in total. The van der Waals surface area contributed by atoms with Gasteiger partial charge in [-0.1, -0.05) is 11.6 Å². The average molecular weight is 285 g/mol. The van der Waals surface area contributed by atoms with Crippen molar-refractivity contribution in [3.05, 3.63) is 47.0 Å². The van der Waals surface area contributed by atoms with Crippen LogP contribution in [0.4, 0.5) is 4.39 Å². The first-order chi connectivity index (χ1) is 9.10. The van der Waals surface area contributed by atoms with Gasteiger partial charge in [0, 0.05) is 6.20 Å². The van der Waals surface area contributed by atoms with Crippen LogP contribution in [0.1, 0.15) is 10.5 Å². The van der Waals surface area contributed by atoms with Crippen molar-refractivity contribution >= 4 is 17.5 Å². The zero-order chi connectivity index (χ0) is 13.8. The van der Waals surface area contributed by atoms with E-state index in [0.29, 0.717) is 5.75 Å². The van der Waals surface area contributed by atoms with Crippen LogP contribution in [0, 0.1) is 5.82 Å². The summed E-state index contributed by atoms with van der Waals surface area (Å²) in [6.45, 7) is 0.0310. The summed E-state index contributed by atoms with van der Waals surface area (Å²) in [5.74, 6) is 4.51. The molecular formula is C11H10ClFN4O2. The summed E-state index contributed by atoms with van der Waals surface area (Å²) in [6.07, 6.45) is 1.43. The third kappa shape index (κ3) is 3.21. The molecule has 0 atom stereocenters. The lowest BCUT2D eigenvalue weighted by molar-refractivity contribution is 0.0946. The monoisotopic (exact) mass is 284 g/mol. The Balaban J connectivity index is 2.04. The number of nitrogens with zero attached hydrogens (tertiary/aromatic N) is 2. The number of nitrogen functional groups attached to an aromatic ring is 1. The van der Waals surface area contributed by atoms with Crippen LogP contribution in [-0.4, -0.2) is 15.7 Å². The van der Waals surface area contributed by atoms with Gasteiger partial charge in [-0.25, -0.2) is 14.9 Å². The topological polar surface area (TPSA) is 82.2 Å². The van der Waals surface area contributed by atoms with Gasteiger partial charge in [-0.15, -0.1) is 0 Å². The van der Waals surface area contributed by atoms with E-state index in [2.05, 4.69) is 5.10 Å². The maximum atomic E-state index is 12.7. The predicted molar refractivity (Wildman–Crippen MR) is 65.9 cm³/mol. The van der Waals surface area contributed by atoms with E-state index in [1.54, 1.807) is 0 Å². The predicted octanol–water partition coefficient (Wildman–Crippen LogP) is 1.32. The zero-order valence-corrected chi connectivity index (χ0v) is 10.4. The van der Waals surface area contributed by atoms with E-state index in [4.69, 9.17) is 22.2 Å². The summed E-state index contributed by atoms with van der Waals surface area (Å²) in [7, 11) is 0. The lowest BCUT2D eigenvalue weighted by Crippen LogP contribution is -2.30. The molecule has 1 aromatic heterocycles. The van der Waals surface area contributed by atoms with Crippen LogP contribution in [0.25, 0.3) is 0 Å². The summed E-state index contributed by atoms with van der Waals surface area (Å²) in [6, 6.07) is 5.51. The number of rotatable bonds is 4. The number of hydrogen-bond donors (Lipinski definition) is 2. The van der Waals surface area contributed by atoms with Gasteiger partial charge in [-0.3, -0.25) is 10.2 Å². The van der Waals surface area contributed by atoms with E-state index < -0.39 is 5.91 Å². The van der Waals surface area contributed by atoms with E-state index >= 15 is 0 Å².